The van der Waals surface area contributed by atoms with Crippen LogP contribution in [0.2, 0.25) is 0 Å². The summed E-state index contributed by atoms with van der Waals surface area (Å²) in [5.74, 6) is 0.824. The van der Waals surface area contributed by atoms with E-state index in [1.54, 1.807) is 7.11 Å². The molecule has 0 aliphatic rings. The van der Waals surface area contributed by atoms with Gasteiger partial charge in [-0.25, -0.2) is 0 Å². The molecule has 1 unspecified atom stereocenters. The Morgan fingerprint density at radius 2 is 1.85 bits per heavy atom. The second kappa shape index (κ2) is 6.64. The van der Waals surface area contributed by atoms with E-state index in [4.69, 9.17) is 16.3 Å². The van der Waals surface area contributed by atoms with Gasteiger partial charge in [0.15, 0.2) is 0 Å². The lowest BCUT2D eigenvalue weighted by molar-refractivity contribution is 0.409. The molecule has 2 rings (SSSR count). The summed E-state index contributed by atoms with van der Waals surface area (Å²) >= 11 is 10.2. The summed E-state index contributed by atoms with van der Waals surface area (Å²) in [6.45, 7) is 4.18. The molecule has 2 aromatic rings. The van der Waals surface area contributed by atoms with Crippen molar-refractivity contribution in [3.63, 3.8) is 0 Å². The van der Waals surface area contributed by atoms with Crippen molar-refractivity contribution < 1.29 is 4.74 Å². The highest BCUT2D eigenvalue weighted by Gasteiger charge is 2.17. The van der Waals surface area contributed by atoms with Gasteiger partial charge in [0.1, 0.15) is 5.75 Å². The number of alkyl halides is 1. The van der Waals surface area contributed by atoms with E-state index >= 15 is 0 Å². The molecular weight excluding hydrogens is 336 g/mol. The summed E-state index contributed by atoms with van der Waals surface area (Å²) < 4.78 is 6.51. The number of hydrogen-bond donors (Lipinski definition) is 0. The summed E-state index contributed by atoms with van der Waals surface area (Å²) in [6, 6.07) is 12.5. The fourth-order valence-corrected chi connectivity index (χ4v) is 2.82. The maximum atomic E-state index is 6.63. The Morgan fingerprint density at radius 1 is 1.20 bits per heavy atom. The third-order valence-corrected chi connectivity index (χ3v) is 4.81. The maximum Gasteiger partial charge on any atom is 0.124 e. The van der Waals surface area contributed by atoms with Crippen molar-refractivity contribution in [2.24, 2.45) is 0 Å². The Hall–Kier alpha value is -0.990. The lowest BCUT2D eigenvalue weighted by Gasteiger charge is -2.16. The zero-order valence-corrected chi connectivity index (χ0v) is 14.3. The molecule has 1 atom stereocenters. The predicted octanol–water partition coefficient (Wildman–Crippen LogP) is 5.66. The van der Waals surface area contributed by atoms with Crippen molar-refractivity contribution in [1.82, 2.24) is 0 Å². The Kier molecular flexibility index (Phi) is 5.11. The molecule has 1 nitrogen and oxygen atoms in total. The van der Waals surface area contributed by atoms with E-state index in [0.717, 1.165) is 33.3 Å². The van der Waals surface area contributed by atoms with Crippen molar-refractivity contribution in [3.8, 4) is 5.75 Å². The summed E-state index contributed by atoms with van der Waals surface area (Å²) in [5.41, 5.74) is 4.51. The van der Waals surface area contributed by atoms with Gasteiger partial charge in [-0.3, -0.25) is 0 Å². The van der Waals surface area contributed by atoms with Gasteiger partial charge >= 0.3 is 0 Å². The fourth-order valence-electron chi connectivity index (χ4n) is 2.15. The summed E-state index contributed by atoms with van der Waals surface area (Å²) in [7, 11) is 1.68. The number of methoxy groups -OCH3 is 1. The first-order valence-electron chi connectivity index (χ1n) is 6.63. The molecular formula is C17H18BrClO. The van der Waals surface area contributed by atoms with Gasteiger partial charge in [-0.2, -0.15) is 0 Å². The van der Waals surface area contributed by atoms with Gasteiger partial charge < -0.3 is 4.74 Å². The average molecular weight is 354 g/mol. The van der Waals surface area contributed by atoms with Crippen LogP contribution in [-0.2, 0) is 6.42 Å². The molecule has 0 saturated heterocycles. The van der Waals surface area contributed by atoms with E-state index in [9.17, 15) is 0 Å². The topological polar surface area (TPSA) is 9.23 Å². The van der Waals surface area contributed by atoms with E-state index in [1.165, 1.54) is 5.56 Å². The first kappa shape index (κ1) is 15.4. The van der Waals surface area contributed by atoms with Crippen LogP contribution in [0.3, 0.4) is 0 Å². The van der Waals surface area contributed by atoms with Crippen LogP contribution in [0.4, 0.5) is 0 Å². The number of ether oxygens (including phenoxy) is 1. The maximum absolute atomic E-state index is 6.63. The van der Waals surface area contributed by atoms with Crippen LogP contribution < -0.4 is 4.74 Å². The molecule has 0 aromatic heterocycles. The molecule has 0 radical (unpaired) electrons. The predicted molar refractivity (Wildman–Crippen MR) is 88.9 cm³/mol. The summed E-state index contributed by atoms with van der Waals surface area (Å²) in [6.07, 6.45) is 1.03. The molecule has 3 heteroatoms. The van der Waals surface area contributed by atoms with Crippen LogP contribution in [-0.4, -0.2) is 7.11 Å². The van der Waals surface area contributed by atoms with E-state index in [1.807, 2.05) is 19.1 Å². The first-order chi connectivity index (χ1) is 9.56. The second-order valence-electron chi connectivity index (χ2n) is 4.80. The van der Waals surface area contributed by atoms with Crippen LogP contribution >= 0.6 is 27.5 Å². The Labute approximate surface area is 134 Å². The van der Waals surface area contributed by atoms with Crippen molar-refractivity contribution in [3.05, 3.63) is 63.1 Å². The SMILES string of the molecule is CCc1ccc(C(Cl)c2cc(Br)c(C)cc2OC)cc1. The fraction of sp³-hybridized carbons (Fsp3) is 0.294. The molecule has 0 spiro atoms. The smallest absolute Gasteiger partial charge is 0.124 e. The van der Waals surface area contributed by atoms with Crippen molar-refractivity contribution in [1.29, 1.82) is 0 Å². The summed E-state index contributed by atoms with van der Waals surface area (Å²) in [5, 5.41) is -0.215. The lowest BCUT2D eigenvalue weighted by Crippen LogP contribution is -1.99. The van der Waals surface area contributed by atoms with Crippen molar-refractivity contribution in [2.45, 2.75) is 25.6 Å². The Bertz CT molecular complexity index is 593. The van der Waals surface area contributed by atoms with Gasteiger partial charge in [0, 0.05) is 10.0 Å². The van der Waals surface area contributed by atoms with Crippen LogP contribution in [0.15, 0.2) is 40.9 Å². The lowest BCUT2D eigenvalue weighted by atomic mass is 10.0. The molecule has 20 heavy (non-hydrogen) atoms. The van der Waals surface area contributed by atoms with Gasteiger partial charge in [-0.15, -0.1) is 11.6 Å². The van der Waals surface area contributed by atoms with Gasteiger partial charge in [-0.05, 0) is 42.2 Å². The minimum Gasteiger partial charge on any atom is -0.496 e. The van der Waals surface area contributed by atoms with E-state index < -0.39 is 0 Å². The molecule has 0 amide bonds. The Morgan fingerprint density at radius 3 is 2.40 bits per heavy atom. The third-order valence-electron chi connectivity index (χ3n) is 3.46. The number of aryl methyl sites for hydroxylation is 2. The number of benzene rings is 2. The van der Waals surface area contributed by atoms with Gasteiger partial charge in [0.2, 0.25) is 0 Å². The second-order valence-corrected chi connectivity index (χ2v) is 6.09. The highest BCUT2D eigenvalue weighted by atomic mass is 79.9. The summed E-state index contributed by atoms with van der Waals surface area (Å²) in [4.78, 5) is 0. The molecule has 0 bridgehead atoms. The minimum absolute atomic E-state index is 0.215. The Balaban J connectivity index is 2.41. The number of hydrogen-bond acceptors (Lipinski definition) is 1. The van der Waals surface area contributed by atoms with Crippen LogP contribution in [0.25, 0.3) is 0 Å². The normalized spacial score (nSPS) is 12.2. The molecule has 0 heterocycles. The van der Waals surface area contributed by atoms with Crippen LogP contribution in [0, 0.1) is 6.92 Å². The van der Waals surface area contributed by atoms with Crippen LogP contribution in [0.1, 0.15) is 34.6 Å². The quantitative estimate of drug-likeness (QED) is 0.645. The molecule has 0 N–H and O–H groups in total. The molecule has 106 valence electrons. The molecule has 0 aliphatic heterocycles. The highest BCUT2D eigenvalue weighted by molar-refractivity contribution is 9.10. The van der Waals surface area contributed by atoms with Gasteiger partial charge in [0.25, 0.3) is 0 Å². The number of rotatable bonds is 4. The van der Waals surface area contributed by atoms with E-state index in [-0.39, 0.29) is 5.38 Å². The minimum atomic E-state index is -0.215. The molecule has 0 saturated carbocycles. The zero-order chi connectivity index (χ0) is 14.7. The highest BCUT2D eigenvalue weighted by Crippen LogP contribution is 2.38. The van der Waals surface area contributed by atoms with Crippen molar-refractivity contribution in [2.75, 3.05) is 7.11 Å². The monoisotopic (exact) mass is 352 g/mol. The van der Waals surface area contributed by atoms with Gasteiger partial charge in [-0.1, -0.05) is 47.1 Å². The standard InChI is InChI=1S/C17H18BrClO/c1-4-12-5-7-13(8-6-12)17(19)14-10-15(18)11(2)9-16(14)20-3/h5-10,17H,4H2,1-3H3. The van der Waals surface area contributed by atoms with E-state index in [2.05, 4.69) is 47.1 Å². The first-order valence-corrected chi connectivity index (χ1v) is 7.86. The van der Waals surface area contributed by atoms with Gasteiger partial charge in [0.05, 0.1) is 12.5 Å². The zero-order valence-electron chi connectivity index (χ0n) is 11.9. The average Bonchev–Trinajstić information content (AvgIpc) is 2.49. The molecule has 2 aromatic carbocycles. The number of halogens is 2. The van der Waals surface area contributed by atoms with E-state index in [0.29, 0.717) is 0 Å². The third kappa shape index (κ3) is 3.18. The van der Waals surface area contributed by atoms with Crippen molar-refractivity contribution >= 4 is 27.5 Å². The molecule has 0 fully saturated rings. The molecule has 0 aliphatic carbocycles. The largest absolute Gasteiger partial charge is 0.496 e. The van der Waals surface area contributed by atoms with Crippen LogP contribution in [0.5, 0.6) is 5.75 Å².